The predicted octanol–water partition coefficient (Wildman–Crippen LogP) is 14.2. The maximum Gasteiger partial charge on any atom is 0.0541 e. The molecule has 1 aliphatic carbocycles. The zero-order valence-electron chi connectivity index (χ0n) is 33.7. The van der Waals surface area contributed by atoms with Gasteiger partial charge in [-0.25, -0.2) is 0 Å². The molecule has 3 aliphatic rings. The van der Waals surface area contributed by atoms with Crippen LogP contribution >= 0.6 is 0 Å². The molecule has 1 atom stereocenters. The fourth-order valence-electron chi connectivity index (χ4n) is 7.10. The van der Waals surface area contributed by atoms with E-state index in [-0.39, 0.29) is 0 Å². The van der Waals surface area contributed by atoms with E-state index in [4.69, 9.17) is 0 Å². The average molecular weight is 719 g/mol. The van der Waals surface area contributed by atoms with Gasteiger partial charge in [0.25, 0.3) is 0 Å². The summed E-state index contributed by atoms with van der Waals surface area (Å²) >= 11 is 0. The summed E-state index contributed by atoms with van der Waals surface area (Å²) in [6, 6.07) is 45.0. The number of nitrogens with zero attached hydrogens (tertiary/aromatic N) is 2. The third-order valence-corrected chi connectivity index (χ3v) is 9.78. The molecule has 0 bridgehead atoms. The molecule has 276 valence electrons. The van der Waals surface area contributed by atoms with Crippen molar-refractivity contribution < 1.29 is 0 Å². The van der Waals surface area contributed by atoms with E-state index in [1.54, 1.807) is 5.57 Å². The first-order valence-electron chi connectivity index (χ1n) is 19.8. The molecule has 0 N–H and O–H groups in total. The van der Waals surface area contributed by atoms with Gasteiger partial charge in [0.2, 0.25) is 0 Å². The number of fused-ring (bicyclic) bond motifs is 5. The zero-order valence-corrected chi connectivity index (χ0v) is 33.7. The normalized spacial score (nSPS) is 16.4. The maximum atomic E-state index is 4.38. The Balaban J connectivity index is 0.000000218. The fraction of sp³-hybridized carbons (Fsp3) is 0.173. The Bertz CT molecular complexity index is 2380. The van der Waals surface area contributed by atoms with E-state index >= 15 is 0 Å². The monoisotopic (exact) mass is 718 g/mol. The summed E-state index contributed by atoms with van der Waals surface area (Å²) < 4.78 is 2.35. The predicted molar refractivity (Wildman–Crippen MR) is 248 cm³/mol. The number of allylic oxidation sites excluding steroid dienone is 10. The van der Waals surface area contributed by atoms with E-state index in [9.17, 15) is 0 Å². The minimum Gasteiger partial charge on any atom is -0.351 e. The van der Waals surface area contributed by atoms with E-state index < -0.39 is 0 Å². The Morgan fingerprint density at radius 1 is 0.691 bits per heavy atom. The third kappa shape index (κ3) is 9.07. The first kappa shape index (κ1) is 40.3. The number of anilines is 1. The van der Waals surface area contributed by atoms with E-state index in [1.165, 1.54) is 44.2 Å². The Labute approximate surface area is 330 Å². The molecule has 2 aliphatic heterocycles. The summed E-state index contributed by atoms with van der Waals surface area (Å²) in [4.78, 5) is 2.16. The minimum atomic E-state index is 0.588. The standard InChI is InChI=1S/C31H24N2.C13H11B.C4H8.2C2H6/c1-22-20-24(18-19-32(2)29-14-8-6-12-26(22)29)23-16-17-31-28(21-23)27-13-7-9-15-30(27)33(31)25-10-4-3-5-11-25;1-2-5-10(6-3-1)12-9-14-13-8-4-7-11(12)13;1-3-4-2;2*1-2/h3-21H,1H2,2H3;1-6,8-9,13H,7H2;3-4H,1-2H3;2*1-2H3/b19-18-,24-20+;;4-3-;;. The summed E-state index contributed by atoms with van der Waals surface area (Å²) in [6.07, 6.45) is 16.2. The van der Waals surface area contributed by atoms with Gasteiger partial charge in [0.1, 0.15) is 0 Å². The molecule has 0 saturated heterocycles. The van der Waals surface area contributed by atoms with Crippen LogP contribution in [0.2, 0.25) is 5.82 Å². The van der Waals surface area contributed by atoms with Gasteiger partial charge in [0.15, 0.2) is 0 Å². The molecule has 5 aromatic carbocycles. The Morgan fingerprint density at radius 3 is 2.05 bits per heavy atom. The van der Waals surface area contributed by atoms with Crippen molar-refractivity contribution in [2.45, 2.75) is 53.8 Å². The molecule has 0 spiro atoms. The number of rotatable bonds is 3. The van der Waals surface area contributed by atoms with E-state index in [0.29, 0.717) is 5.82 Å². The summed E-state index contributed by atoms with van der Waals surface area (Å²) in [5.41, 5.74) is 13.6. The molecular weight excluding hydrogens is 663 g/mol. The largest absolute Gasteiger partial charge is 0.351 e. The van der Waals surface area contributed by atoms with Crippen LogP contribution in [0.25, 0.3) is 44.2 Å². The van der Waals surface area contributed by atoms with Crippen LogP contribution in [0.15, 0.2) is 182 Å². The van der Waals surface area contributed by atoms with Crippen molar-refractivity contribution in [2.24, 2.45) is 0 Å². The van der Waals surface area contributed by atoms with Gasteiger partial charge in [-0.05, 0) is 79.1 Å². The van der Waals surface area contributed by atoms with Crippen molar-refractivity contribution in [1.29, 1.82) is 0 Å². The number of benzene rings is 5. The zero-order chi connectivity index (χ0) is 39.2. The van der Waals surface area contributed by atoms with Crippen LogP contribution in [0.5, 0.6) is 0 Å². The van der Waals surface area contributed by atoms with Gasteiger partial charge in [0, 0.05) is 41.0 Å². The topological polar surface area (TPSA) is 8.17 Å². The van der Waals surface area contributed by atoms with Crippen LogP contribution in [0, 0.1) is 0 Å². The third-order valence-electron chi connectivity index (χ3n) is 9.78. The van der Waals surface area contributed by atoms with Crippen LogP contribution < -0.4 is 4.90 Å². The molecule has 6 aromatic rings. The molecule has 3 heterocycles. The number of aromatic nitrogens is 1. The molecular formula is C52H55BN2. The van der Waals surface area contributed by atoms with Crippen LogP contribution in [0.1, 0.15) is 64.7 Å². The summed E-state index contributed by atoms with van der Waals surface area (Å²) in [7, 11) is 2.09. The molecule has 0 saturated carbocycles. The molecule has 1 aromatic heterocycles. The number of hydrogen-bond acceptors (Lipinski definition) is 1. The first-order valence-corrected chi connectivity index (χ1v) is 19.8. The number of hydrogen-bond donors (Lipinski definition) is 0. The Hall–Kier alpha value is -5.93. The van der Waals surface area contributed by atoms with Crippen molar-refractivity contribution >= 4 is 57.1 Å². The Morgan fingerprint density at radius 2 is 1.33 bits per heavy atom. The van der Waals surface area contributed by atoms with Crippen LogP contribution in [0.4, 0.5) is 5.69 Å². The molecule has 9 rings (SSSR count). The smallest absolute Gasteiger partial charge is 0.0541 e. The average Bonchev–Trinajstić information content (AvgIpc) is 3.98. The van der Waals surface area contributed by atoms with Gasteiger partial charge in [-0.2, -0.15) is 0 Å². The molecule has 3 heteroatoms. The summed E-state index contributed by atoms with van der Waals surface area (Å²) in [5.74, 6) is 2.85. The van der Waals surface area contributed by atoms with Gasteiger partial charge in [-0.1, -0.05) is 107 Å². The van der Waals surface area contributed by atoms with E-state index in [0.717, 1.165) is 28.8 Å². The first-order chi connectivity index (χ1) is 27.1. The quantitative estimate of drug-likeness (QED) is 0.131. The molecule has 0 fully saturated rings. The van der Waals surface area contributed by atoms with Gasteiger partial charge in [-0.3, -0.25) is 0 Å². The van der Waals surface area contributed by atoms with Crippen molar-refractivity contribution in [3.8, 4) is 5.69 Å². The second-order valence-electron chi connectivity index (χ2n) is 13.0. The van der Waals surface area contributed by atoms with E-state index in [2.05, 4.69) is 194 Å². The molecule has 0 amide bonds. The Kier molecular flexibility index (Phi) is 14.6. The van der Waals surface area contributed by atoms with Crippen LogP contribution in [-0.2, 0) is 0 Å². The van der Waals surface area contributed by atoms with Crippen molar-refractivity contribution in [1.82, 2.24) is 4.57 Å². The van der Waals surface area contributed by atoms with Crippen molar-refractivity contribution in [3.05, 3.63) is 199 Å². The van der Waals surface area contributed by atoms with Gasteiger partial charge in [0.05, 0.1) is 11.0 Å². The summed E-state index contributed by atoms with van der Waals surface area (Å²) in [6.45, 7) is 18.7. The van der Waals surface area contributed by atoms with Crippen molar-refractivity contribution in [3.63, 3.8) is 0 Å². The number of para-hydroxylation sites is 3. The van der Waals surface area contributed by atoms with Crippen molar-refractivity contribution in [2.75, 3.05) is 11.9 Å². The molecule has 0 radical (unpaired) electrons. The van der Waals surface area contributed by atoms with Gasteiger partial charge >= 0.3 is 84.3 Å². The fourth-order valence-corrected chi connectivity index (χ4v) is 7.10. The van der Waals surface area contributed by atoms with Crippen LogP contribution in [0.3, 0.4) is 0 Å². The maximum absolute atomic E-state index is 4.38. The second-order valence-corrected chi connectivity index (χ2v) is 13.0. The van der Waals surface area contributed by atoms with Gasteiger partial charge in [-0.15, -0.1) is 0 Å². The summed E-state index contributed by atoms with van der Waals surface area (Å²) in [5, 5.41) is 2.51. The van der Waals surface area contributed by atoms with Crippen LogP contribution in [-0.4, -0.2) is 24.5 Å². The van der Waals surface area contributed by atoms with E-state index in [1.807, 2.05) is 53.7 Å². The minimum absolute atomic E-state index is 0.588. The molecule has 55 heavy (non-hydrogen) atoms. The SMILES string of the molecule is B1=CC(c2ccccc2)=C2CC=CC12.C/C=C\C.C=C1/C=C(c2ccc3c(c2)c2ccccc2n3-c2ccccc2)\C=C/N(C)c2ccccc21.CC.CC. The van der Waals surface area contributed by atoms with Gasteiger partial charge < -0.3 is 9.47 Å². The second kappa shape index (κ2) is 20.0. The molecule has 1 unspecified atom stereocenters. The molecule has 2 nitrogen and oxygen atoms in total.